The minimum atomic E-state index is -0.882. The van der Waals surface area contributed by atoms with E-state index in [4.69, 9.17) is 5.11 Å². The van der Waals surface area contributed by atoms with Crippen LogP contribution in [0.15, 0.2) is 18.2 Å². The molecule has 0 aliphatic heterocycles. The standard InChI is InChI=1S/C15H20N2O3/c1-9-4-3-5-10(2)13(9)17-12(18)8-16-14(15(19)20)11-6-7-11/h3-5,11,14,16H,6-8H2,1-2H3,(H,17,18)(H,19,20). The lowest BCUT2D eigenvalue weighted by Gasteiger charge is -2.15. The van der Waals surface area contributed by atoms with Crippen molar-refractivity contribution in [2.24, 2.45) is 5.92 Å². The normalized spacial score (nSPS) is 15.7. The zero-order valence-electron chi connectivity index (χ0n) is 11.8. The van der Waals surface area contributed by atoms with Crippen molar-refractivity contribution in [1.82, 2.24) is 5.32 Å². The number of nitrogens with one attached hydrogen (secondary N) is 2. The molecule has 20 heavy (non-hydrogen) atoms. The quantitative estimate of drug-likeness (QED) is 0.739. The fourth-order valence-corrected chi connectivity index (χ4v) is 2.28. The lowest BCUT2D eigenvalue weighted by Crippen LogP contribution is -2.42. The maximum atomic E-state index is 11.9. The molecule has 1 aliphatic rings. The number of carboxylic acids is 1. The van der Waals surface area contributed by atoms with Gasteiger partial charge in [0.1, 0.15) is 6.04 Å². The van der Waals surface area contributed by atoms with Crippen LogP contribution >= 0.6 is 0 Å². The lowest BCUT2D eigenvalue weighted by atomic mass is 10.1. The van der Waals surface area contributed by atoms with E-state index in [9.17, 15) is 9.59 Å². The van der Waals surface area contributed by atoms with Crippen molar-refractivity contribution in [3.63, 3.8) is 0 Å². The smallest absolute Gasteiger partial charge is 0.320 e. The van der Waals surface area contributed by atoms with Gasteiger partial charge in [0.15, 0.2) is 0 Å². The van der Waals surface area contributed by atoms with Gasteiger partial charge in [0.05, 0.1) is 6.54 Å². The van der Waals surface area contributed by atoms with E-state index < -0.39 is 12.0 Å². The first kappa shape index (κ1) is 14.5. The number of carbonyl (C=O) groups excluding carboxylic acids is 1. The fraction of sp³-hybridized carbons (Fsp3) is 0.467. The highest BCUT2D eigenvalue weighted by molar-refractivity contribution is 5.94. The Morgan fingerprint density at radius 3 is 2.40 bits per heavy atom. The molecule has 1 saturated carbocycles. The van der Waals surface area contributed by atoms with Crippen molar-refractivity contribution in [3.8, 4) is 0 Å². The van der Waals surface area contributed by atoms with Gasteiger partial charge in [0.2, 0.25) is 5.91 Å². The van der Waals surface area contributed by atoms with Crippen LogP contribution in [0.1, 0.15) is 24.0 Å². The van der Waals surface area contributed by atoms with E-state index in [1.807, 2.05) is 32.0 Å². The zero-order valence-corrected chi connectivity index (χ0v) is 11.8. The van der Waals surface area contributed by atoms with Crippen LogP contribution in [0.4, 0.5) is 5.69 Å². The molecule has 2 rings (SSSR count). The first-order valence-electron chi connectivity index (χ1n) is 6.81. The highest BCUT2D eigenvalue weighted by Gasteiger charge is 2.36. The molecule has 0 aromatic heterocycles. The number of aryl methyl sites for hydroxylation is 2. The van der Waals surface area contributed by atoms with Gasteiger partial charge >= 0.3 is 5.97 Å². The molecule has 5 nitrogen and oxygen atoms in total. The molecule has 1 aliphatic carbocycles. The predicted octanol–water partition coefficient (Wildman–Crippen LogP) is 1.69. The molecule has 0 spiro atoms. The van der Waals surface area contributed by atoms with Gasteiger partial charge < -0.3 is 10.4 Å². The van der Waals surface area contributed by atoms with Gasteiger partial charge in [-0.2, -0.15) is 0 Å². The summed E-state index contributed by atoms with van der Waals surface area (Å²) in [5.41, 5.74) is 2.79. The molecular weight excluding hydrogens is 256 g/mol. The minimum absolute atomic E-state index is 0.0151. The number of aliphatic carboxylic acids is 1. The maximum Gasteiger partial charge on any atom is 0.320 e. The van der Waals surface area contributed by atoms with E-state index in [0.29, 0.717) is 0 Å². The van der Waals surface area contributed by atoms with Crippen LogP contribution in [0.3, 0.4) is 0 Å². The van der Waals surface area contributed by atoms with Crippen molar-refractivity contribution in [2.75, 3.05) is 11.9 Å². The number of carbonyl (C=O) groups is 2. The van der Waals surface area contributed by atoms with Crippen LogP contribution < -0.4 is 10.6 Å². The minimum Gasteiger partial charge on any atom is -0.480 e. The van der Waals surface area contributed by atoms with Crippen molar-refractivity contribution >= 4 is 17.6 Å². The van der Waals surface area contributed by atoms with Crippen molar-refractivity contribution < 1.29 is 14.7 Å². The summed E-state index contributed by atoms with van der Waals surface area (Å²) >= 11 is 0. The highest BCUT2D eigenvalue weighted by Crippen LogP contribution is 2.32. The molecule has 0 heterocycles. The summed E-state index contributed by atoms with van der Waals surface area (Å²) in [5.74, 6) is -0.929. The lowest BCUT2D eigenvalue weighted by molar-refractivity contribution is -0.140. The molecule has 0 bridgehead atoms. The maximum absolute atomic E-state index is 11.9. The van der Waals surface area contributed by atoms with E-state index in [2.05, 4.69) is 10.6 Å². The second-order valence-electron chi connectivity index (χ2n) is 5.35. The molecule has 0 radical (unpaired) electrons. The number of carboxylic acid groups (broad SMARTS) is 1. The van der Waals surface area contributed by atoms with Crippen LogP contribution in [-0.4, -0.2) is 29.6 Å². The topological polar surface area (TPSA) is 78.4 Å². The summed E-state index contributed by atoms with van der Waals surface area (Å²) in [7, 11) is 0. The third kappa shape index (κ3) is 3.57. The van der Waals surface area contributed by atoms with Crippen LogP contribution in [0.5, 0.6) is 0 Å². The van der Waals surface area contributed by atoms with E-state index >= 15 is 0 Å². The fourth-order valence-electron chi connectivity index (χ4n) is 2.28. The van der Waals surface area contributed by atoms with E-state index in [-0.39, 0.29) is 18.4 Å². The van der Waals surface area contributed by atoms with Gasteiger partial charge in [-0.15, -0.1) is 0 Å². The monoisotopic (exact) mass is 276 g/mol. The van der Waals surface area contributed by atoms with Gasteiger partial charge in [-0.1, -0.05) is 18.2 Å². The van der Waals surface area contributed by atoms with Crippen LogP contribution in [0.2, 0.25) is 0 Å². The number of hydrogen-bond acceptors (Lipinski definition) is 3. The number of hydrogen-bond donors (Lipinski definition) is 3. The Labute approximate surface area is 118 Å². The average Bonchev–Trinajstić information content (AvgIpc) is 3.18. The molecule has 3 N–H and O–H groups in total. The van der Waals surface area contributed by atoms with Crippen molar-refractivity contribution in [3.05, 3.63) is 29.3 Å². The molecule has 1 amide bonds. The zero-order chi connectivity index (χ0) is 14.7. The van der Waals surface area contributed by atoms with Gasteiger partial charge in [-0.05, 0) is 43.7 Å². The number of anilines is 1. The molecule has 5 heteroatoms. The van der Waals surface area contributed by atoms with Crippen molar-refractivity contribution in [2.45, 2.75) is 32.7 Å². The summed E-state index contributed by atoms with van der Waals surface area (Å²) in [6.07, 6.45) is 1.84. The Morgan fingerprint density at radius 1 is 1.30 bits per heavy atom. The SMILES string of the molecule is Cc1cccc(C)c1NC(=O)CNC(C(=O)O)C1CC1. The second-order valence-corrected chi connectivity index (χ2v) is 5.35. The third-order valence-electron chi connectivity index (χ3n) is 3.59. The molecule has 1 atom stereocenters. The van der Waals surface area contributed by atoms with E-state index in [0.717, 1.165) is 29.7 Å². The Balaban J connectivity index is 1.91. The summed E-state index contributed by atoms with van der Waals surface area (Å²) in [5, 5.41) is 14.7. The summed E-state index contributed by atoms with van der Waals surface area (Å²) in [6, 6.07) is 5.19. The number of para-hydroxylation sites is 1. The Morgan fingerprint density at radius 2 is 1.90 bits per heavy atom. The number of benzene rings is 1. The molecule has 1 fully saturated rings. The number of rotatable bonds is 6. The molecule has 1 aromatic carbocycles. The molecule has 0 saturated heterocycles. The highest BCUT2D eigenvalue weighted by atomic mass is 16.4. The predicted molar refractivity (Wildman–Crippen MR) is 76.7 cm³/mol. The van der Waals surface area contributed by atoms with Gasteiger partial charge in [0.25, 0.3) is 0 Å². The first-order chi connectivity index (χ1) is 9.49. The van der Waals surface area contributed by atoms with Crippen LogP contribution in [0, 0.1) is 19.8 Å². The second kappa shape index (κ2) is 6.05. The third-order valence-corrected chi connectivity index (χ3v) is 3.59. The number of amides is 1. The Hall–Kier alpha value is -1.88. The molecule has 1 aromatic rings. The molecular formula is C15H20N2O3. The van der Waals surface area contributed by atoms with E-state index in [1.54, 1.807) is 0 Å². The molecule has 1 unspecified atom stereocenters. The van der Waals surface area contributed by atoms with E-state index in [1.165, 1.54) is 0 Å². The Bertz CT molecular complexity index is 504. The van der Waals surface area contributed by atoms with Crippen LogP contribution in [-0.2, 0) is 9.59 Å². The Kier molecular flexibility index (Phi) is 4.39. The summed E-state index contributed by atoms with van der Waals surface area (Å²) < 4.78 is 0. The summed E-state index contributed by atoms with van der Waals surface area (Å²) in [6.45, 7) is 3.88. The van der Waals surface area contributed by atoms with Gasteiger partial charge in [0, 0.05) is 5.69 Å². The average molecular weight is 276 g/mol. The molecule has 108 valence electrons. The first-order valence-corrected chi connectivity index (χ1v) is 6.81. The van der Waals surface area contributed by atoms with Crippen LogP contribution in [0.25, 0.3) is 0 Å². The largest absolute Gasteiger partial charge is 0.480 e. The van der Waals surface area contributed by atoms with Crippen molar-refractivity contribution in [1.29, 1.82) is 0 Å². The van der Waals surface area contributed by atoms with Gasteiger partial charge in [-0.25, -0.2) is 0 Å². The summed E-state index contributed by atoms with van der Waals surface area (Å²) in [4.78, 5) is 23.0. The van der Waals surface area contributed by atoms with Gasteiger partial charge in [-0.3, -0.25) is 14.9 Å².